The first kappa shape index (κ1) is 19.3. The van der Waals surface area contributed by atoms with Crippen LogP contribution < -0.4 is 10.1 Å². The summed E-state index contributed by atoms with van der Waals surface area (Å²) in [5.41, 5.74) is 1.17. The zero-order valence-corrected chi connectivity index (χ0v) is 15.0. The first-order valence-electron chi connectivity index (χ1n) is 8.04. The molecule has 2 aromatic rings. The van der Waals surface area contributed by atoms with Crippen LogP contribution in [0.15, 0.2) is 24.3 Å². The molecule has 1 heterocycles. The number of amides is 1. The molecule has 1 aromatic heterocycles. The minimum atomic E-state index is -1.02. The zero-order chi connectivity index (χ0) is 18.4. The number of ether oxygens (including phenoxy) is 1. The fraction of sp³-hybridized carbons (Fsp3) is 0.389. The highest BCUT2D eigenvalue weighted by molar-refractivity contribution is 7.14. The highest BCUT2D eigenvalue weighted by atomic mass is 32.1. The molecule has 1 aromatic carbocycles. The molecule has 7 heteroatoms. The summed E-state index contributed by atoms with van der Waals surface area (Å²) in [6.45, 7) is 3.93. The van der Waals surface area contributed by atoms with Crippen molar-refractivity contribution in [2.45, 2.75) is 32.8 Å². The SMILES string of the molecule is CCCc1cc(C(=O)NCC(O)COc2ccc(F)c(F)c2)sc1C. The van der Waals surface area contributed by atoms with E-state index in [0.717, 1.165) is 29.9 Å². The van der Waals surface area contributed by atoms with Crippen molar-refractivity contribution in [3.63, 3.8) is 0 Å². The van der Waals surface area contributed by atoms with E-state index in [1.807, 2.05) is 13.0 Å². The van der Waals surface area contributed by atoms with Crippen LogP contribution in [0.3, 0.4) is 0 Å². The smallest absolute Gasteiger partial charge is 0.261 e. The van der Waals surface area contributed by atoms with Crippen LogP contribution in [0, 0.1) is 18.6 Å². The predicted octanol–water partition coefficient (Wildman–Crippen LogP) is 3.46. The molecule has 1 amide bonds. The maximum absolute atomic E-state index is 13.1. The number of aliphatic hydroxyl groups is 1. The van der Waals surface area contributed by atoms with E-state index in [9.17, 15) is 18.7 Å². The minimum Gasteiger partial charge on any atom is -0.491 e. The summed E-state index contributed by atoms with van der Waals surface area (Å²) < 4.78 is 31.1. The average Bonchev–Trinajstić information content (AvgIpc) is 2.95. The molecule has 1 atom stereocenters. The summed E-state index contributed by atoms with van der Waals surface area (Å²) in [4.78, 5) is 13.9. The molecule has 2 N–H and O–H groups in total. The maximum Gasteiger partial charge on any atom is 0.261 e. The summed E-state index contributed by atoms with van der Waals surface area (Å²) in [6.07, 6.45) is 0.979. The number of thiophene rings is 1. The van der Waals surface area contributed by atoms with Crippen LogP contribution in [0.4, 0.5) is 8.78 Å². The molecule has 0 radical (unpaired) electrons. The van der Waals surface area contributed by atoms with Gasteiger partial charge in [-0.15, -0.1) is 11.3 Å². The normalized spacial score (nSPS) is 12.0. The number of aryl methyl sites for hydroxylation is 2. The van der Waals surface area contributed by atoms with Crippen molar-refractivity contribution in [1.82, 2.24) is 5.32 Å². The third kappa shape index (κ3) is 5.51. The first-order chi connectivity index (χ1) is 11.9. The van der Waals surface area contributed by atoms with Crippen molar-refractivity contribution in [3.8, 4) is 5.75 Å². The van der Waals surface area contributed by atoms with Crippen molar-refractivity contribution in [2.24, 2.45) is 0 Å². The van der Waals surface area contributed by atoms with Crippen molar-refractivity contribution >= 4 is 17.2 Å². The number of rotatable bonds is 8. The quantitative estimate of drug-likeness (QED) is 0.749. The zero-order valence-electron chi connectivity index (χ0n) is 14.1. The van der Waals surface area contributed by atoms with E-state index < -0.39 is 17.7 Å². The molecule has 0 fully saturated rings. The molecule has 4 nitrogen and oxygen atoms in total. The molecule has 25 heavy (non-hydrogen) atoms. The molecular formula is C18H21F2NO3S. The van der Waals surface area contributed by atoms with Crippen LogP contribution in [0.5, 0.6) is 5.75 Å². The highest BCUT2D eigenvalue weighted by Gasteiger charge is 2.14. The van der Waals surface area contributed by atoms with Crippen LogP contribution in [-0.2, 0) is 6.42 Å². The lowest BCUT2D eigenvalue weighted by Gasteiger charge is -2.13. The van der Waals surface area contributed by atoms with Gasteiger partial charge in [0.15, 0.2) is 11.6 Å². The second-order valence-electron chi connectivity index (χ2n) is 5.69. The van der Waals surface area contributed by atoms with Crippen molar-refractivity contribution in [3.05, 3.63) is 51.2 Å². The van der Waals surface area contributed by atoms with Gasteiger partial charge in [0, 0.05) is 17.5 Å². The van der Waals surface area contributed by atoms with Gasteiger partial charge in [-0.2, -0.15) is 0 Å². The summed E-state index contributed by atoms with van der Waals surface area (Å²) >= 11 is 1.43. The largest absolute Gasteiger partial charge is 0.491 e. The Balaban J connectivity index is 1.80. The monoisotopic (exact) mass is 369 g/mol. The topological polar surface area (TPSA) is 58.6 Å². The van der Waals surface area contributed by atoms with Crippen molar-refractivity contribution in [1.29, 1.82) is 0 Å². The Morgan fingerprint density at radius 2 is 2.08 bits per heavy atom. The molecule has 1 unspecified atom stereocenters. The summed E-state index contributed by atoms with van der Waals surface area (Å²) in [7, 11) is 0. The number of carbonyl (C=O) groups is 1. The number of nitrogens with one attached hydrogen (secondary N) is 1. The maximum atomic E-state index is 13.1. The molecule has 0 saturated heterocycles. The Hall–Kier alpha value is -1.99. The van der Waals surface area contributed by atoms with Gasteiger partial charge in [0.2, 0.25) is 0 Å². The van der Waals surface area contributed by atoms with Crippen LogP contribution >= 0.6 is 11.3 Å². The first-order valence-corrected chi connectivity index (χ1v) is 8.85. The van der Waals surface area contributed by atoms with E-state index in [2.05, 4.69) is 12.2 Å². The highest BCUT2D eigenvalue weighted by Crippen LogP contribution is 2.22. The van der Waals surface area contributed by atoms with Crippen LogP contribution in [0.2, 0.25) is 0 Å². The number of benzene rings is 1. The lowest BCUT2D eigenvalue weighted by Crippen LogP contribution is -2.35. The second kappa shape index (κ2) is 8.92. The van der Waals surface area contributed by atoms with Crippen LogP contribution in [-0.4, -0.2) is 30.3 Å². The molecule has 0 aliphatic carbocycles. The standard InChI is InChI=1S/C18H21F2NO3S/c1-3-4-12-7-17(25-11(12)2)18(23)21-9-13(22)10-24-14-5-6-15(19)16(20)8-14/h5-8,13,22H,3-4,9-10H2,1-2H3,(H,21,23). The molecule has 0 aliphatic heterocycles. The predicted molar refractivity (Wildman–Crippen MR) is 93.2 cm³/mol. The van der Waals surface area contributed by atoms with Crippen molar-refractivity contribution in [2.75, 3.05) is 13.2 Å². The molecule has 2 rings (SSSR count). The van der Waals surface area contributed by atoms with E-state index in [1.165, 1.54) is 23.0 Å². The van der Waals surface area contributed by atoms with E-state index >= 15 is 0 Å². The fourth-order valence-corrected chi connectivity index (χ4v) is 3.25. The molecule has 0 bridgehead atoms. The van der Waals surface area contributed by atoms with Gasteiger partial charge in [-0.3, -0.25) is 4.79 Å². The molecule has 0 aliphatic rings. The van der Waals surface area contributed by atoms with E-state index in [1.54, 1.807) is 0 Å². The van der Waals surface area contributed by atoms with Crippen LogP contribution in [0.25, 0.3) is 0 Å². The van der Waals surface area contributed by atoms with Gasteiger partial charge in [0.1, 0.15) is 18.5 Å². The van der Waals surface area contributed by atoms with Gasteiger partial charge in [0.05, 0.1) is 4.88 Å². The lowest BCUT2D eigenvalue weighted by atomic mass is 10.1. The fourth-order valence-electron chi connectivity index (χ4n) is 2.26. The van der Waals surface area contributed by atoms with Gasteiger partial charge < -0.3 is 15.2 Å². The van der Waals surface area contributed by atoms with Gasteiger partial charge in [-0.1, -0.05) is 13.3 Å². The number of halogens is 2. The molecule has 0 saturated carbocycles. The average molecular weight is 369 g/mol. The van der Waals surface area contributed by atoms with E-state index in [-0.39, 0.29) is 24.8 Å². The summed E-state index contributed by atoms with van der Waals surface area (Å²) in [5.74, 6) is -2.12. The third-order valence-electron chi connectivity index (χ3n) is 3.60. The summed E-state index contributed by atoms with van der Waals surface area (Å²) in [6, 6.07) is 5.01. The summed E-state index contributed by atoms with van der Waals surface area (Å²) in [5, 5.41) is 12.5. The molecular weight excluding hydrogens is 348 g/mol. The number of hydrogen-bond donors (Lipinski definition) is 2. The van der Waals surface area contributed by atoms with Gasteiger partial charge in [-0.05, 0) is 37.1 Å². The minimum absolute atomic E-state index is 0.00255. The Morgan fingerprint density at radius 3 is 2.76 bits per heavy atom. The Kier molecular flexibility index (Phi) is 6.90. The Morgan fingerprint density at radius 1 is 1.32 bits per heavy atom. The Bertz CT molecular complexity index is 733. The van der Waals surface area contributed by atoms with E-state index in [4.69, 9.17) is 4.74 Å². The molecule has 0 spiro atoms. The van der Waals surface area contributed by atoms with Gasteiger partial charge in [-0.25, -0.2) is 8.78 Å². The number of hydrogen-bond acceptors (Lipinski definition) is 4. The number of carbonyl (C=O) groups excluding carboxylic acids is 1. The molecule has 136 valence electrons. The Labute approximate surface area is 149 Å². The van der Waals surface area contributed by atoms with Gasteiger partial charge in [0.25, 0.3) is 5.91 Å². The van der Waals surface area contributed by atoms with Crippen molar-refractivity contribution < 1.29 is 23.4 Å². The number of aliphatic hydroxyl groups excluding tert-OH is 1. The van der Waals surface area contributed by atoms with Gasteiger partial charge >= 0.3 is 0 Å². The second-order valence-corrected chi connectivity index (χ2v) is 6.95. The third-order valence-corrected chi connectivity index (χ3v) is 4.69. The van der Waals surface area contributed by atoms with E-state index in [0.29, 0.717) is 4.88 Å². The lowest BCUT2D eigenvalue weighted by molar-refractivity contribution is 0.0846. The van der Waals surface area contributed by atoms with Crippen LogP contribution in [0.1, 0.15) is 33.5 Å².